The number of nitrogens with one attached hydrogen (secondary N) is 1. The summed E-state index contributed by atoms with van der Waals surface area (Å²) >= 11 is 1.75. The smallest absolute Gasteiger partial charge is 0.163 e. The van der Waals surface area contributed by atoms with Gasteiger partial charge < -0.3 is 14.8 Å². The Labute approximate surface area is 118 Å². The lowest BCUT2D eigenvalue weighted by Crippen LogP contribution is -2.01. The molecule has 0 saturated heterocycles. The lowest BCUT2D eigenvalue weighted by Gasteiger charge is -2.13. The van der Waals surface area contributed by atoms with Crippen molar-refractivity contribution in [1.29, 1.82) is 0 Å². The fourth-order valence-electron chi connectivity index (χ4n) is 1.76. The first-order valence-electron chi connectivity index (χ1n) is 6.49. The maximum absolute atomic E-state index is 5.60. The molecular formula is C15H19NO2S. The largest absolute Gasteiger partial charge is 0.490 e. The lowest BCUT2D eigenvalue weighted by molar-refractivity contribution is 0.288. The minimum Gasteiger partial charge on any atom is -0.490 e. The van der Waals surface area contributed by atoms with Crippen LogP contribution in [0.5, 0.6) is 11.5 Å². The third kappa shape index (κ3) is 3.89. The molecule has 1 aromatic carbocycles. The molecule has 0 radical (unpaired) electrons. The Bertz CT molecular complexity index is 497. The number of rotatable bonds is 7. The van der Waals surface area contributed by atoms with Gasteiger partial charge in [0.05, 0.1) is 13.2 Å². The van der Waals surface area contributed by atoms with Crippen LogP contribution in [0, 0.1) is 0 Å². The highest BCUT2D eigenvalue weighted by atomic mass is 32.1. The molecule has 2 rings (SSSR count). The summed E-state index contributed by atoms with van der Waals surface area (Å²) in [6, 6.07) is 10.1. The number of anilines is 1. The van der Waals surface area contributed by atoms with E-state index in [0.29, 0.717) is 13.2 Å². The van der Waals surface area contributed by atoms with Crippen LogP contribution in [0.25, 0.3) is 0 Å². The molecule has 0 fully saturated rings. The Balaban J connectivity index is 2.06. The van der Waals surface area contributed by atoms with E-state index < -0.39 is 0 Å². The van der Waals surface area contributed by atoms with Crippen molar-refractivity contribution in [2.75, 3.05) is 18.5 Å². The van der Waals surface area contributed by atoms with Gasteiger partial charge in [-0.25, -0.2) is 0 Å². The first-order chi connectivity index (χ1) is 9.33. The second-order valence-corrected chi connectivity index (χ2v) is 4.99. The Kier molecular flexibility index (Phi) is 5.10. The van der Waals surface area contributed by atoms with E-state index in [1.54, 1.807) is 11.3 Å². The van der Waals surface area contributed by atoms with Crippen molar-refractivity contribution in [3.05, 3.63) is 40.6 Å². The number of hydrogen-bond donors (Lipinski definition) is 1. The highest BCUT2D eigenvalue weighted by Crippen LogP contribution is 2.30. The van der Waals surface area contributed by atoms with E-state index in [0.717, 1.165) is 23.7 Å². The predicted molar refractivity (Wildman–Crippen MR) is 80.4 cm³/mol. The van der Waals surface area contributed by atoms with Crippen molar-refractivity contribution in [1.82, 2.24) is 0 Å². The molecule has 0 aliphatic carbocycles. The van der Waals surface area contributed by atoms with Crippen LogP contribution in [-0.2, 0) is 6.54 Å². The Morgan fingerprint density at radius 2 is 1.84 bits per heavy atom. The van der Waals surface area contributed by atoms with Crippen LogP contribution in [0.1, 0.15) is 18.7 Å². The molecule has 0 aliphatic heterocycles. The van der Waals surface area contributed by atoms with E-state index in [1.807, 2.05) is 32.0 Å². The average molecular weight is 277 g/mol. The van der Waals surface area contributed by atoms with Crippen molar-refractivity contribution in [2.45, 2.75) is 20.4 Å². The zero-order chi connectivity index (χ0) is 13.5. The molecule has 2 aromatic rings. The summed E-state index contributed by atoms with van der Waals surface area (Å²) in [6.07, 6.45) is 0. The molecule has 0 amide bonds. The van der Waals surface area contributed by atoms with Crippen LogP contribution in [-0.4, -0.2) is 13.2 Å². The van der Waals surface area contributed by atoms with Crippen molar-refractivity contribution < 1.29 is 9.47 Å². The highest BCUT2D eigenvalue weighted by molar-refractivity contribution is 7.09. The van der Waals surface area contributed by atoms with Gasteiger partial charge in [-0.05, 0) is 37.4 Å². The van der Waals surface area contributed by atoms with Gasteiger partial charge in [-0.1, -0.05) is 6.07 Å². The van der Waals surface area contributed by atoms with Gasteiger partial charge >= 0.3 is 0 Å². The van der Waals surface area contributed by atoms with Gasteiger partial charge in [0.2, 0.25) is 0 Å². The molecule has 4 heteroatoms. The second kappa shape index (κ2) is 7.04. The Morgan fingerprint density at radius 3 is 2.53 bits per heavy atom. The molecule has 1 aromatic heterocycles. The molecule has 102 valence electrons. The van der Waals surface area contributed by atoms with Crippen molar-refractivity contribution in [3.8, 4) is 11.5 Å². The summed E-state index contributed by atoms with van der Waals surface area (Å²) in [5.41, 5.74) is 1.04. The summed E-state index contributed by atoms with van der Waals surface area (Å²) < 4.78 is 11.1. The third-order valence-corrected chi connectivity index (χ3v) is 3.47. The van der Waals surface area contributed by atoms with Gasteiger partial charge in [0.15, 0.2) is 11.5 Å². The van der Waals surface area contributed by atoms with Crippen LogP contribution < -0.4 is 14.8 Å². The molecule has 19 heavy (non-hydrogen) atoms. The zero-order valence-corrected chi connectivity index (χ0v) is 12.1. The number of hydrogen-bond acceptors (Lipinski definition) is 4. The Hall–Kier alpha value is -1.68. The van der Waals surface area contributed by atoms with E-state index >= 15 is 0 Å². The second-order valence-electron chi connectivity index (χ2n) is 3.96. The van der Waals surface area contributed by atoms with Crippen molar-refractivity contribution in [2.24, 2.45) is 0 Å². The number of thiophene rings is 1. The Morgan fingerprint density at radius 1 is 1.05 bits per heavy atom. The topological polar surface area (TPSA) is 30.5 Å². The maximum atomic E-state index is 5.60. The van der Waals surface area contributed by atoms with Crippen LogP contribution in [0.2, 0.25) is 0 Å². The molecule has 3 nitrogen and oxygen atoms in total. The van der Waals surface area contributed by atoms with Gasteiger partial charge in [-0.15, -0.1) is 11.3 Å². The summed E-state index contributed by atoms with van der Waals surface area (Å²) in [7, 11) is 0. The lowest BCUT2D eigenvalue weighted by atomic mass is 10.2. The van der Waals surface area contributed by atoms with E-state index in [4.69, 9.17) is 9.47 Å². The van der Waals surface area contributed by atoms with Gasteiger partial charge in [0.1, 0.15) is 0 Å². The molecule has 0 unspecified atom stereocenters. The van der Waals surface area contributed by atoms with E-state index in [-0.39, 0.29) is 0 Å². The molecule has 0 spiro atoms. The van der Waals surface area contributed by atoms with Gasteiger partial charge in [-0.2, -0.15) is 0 Å². The van der Waals surface area contributed by atoms with Crippen LogP contribution in [0.4, 0.5) is 5.69 Å². The molecule has 1 N–H and O–H groups in total. The predicted octanol–water partition coefficient (Wildman–Crippen LogP) is 4.16. The standard InChI is InChI=1S/C15H19NO2S/c1-3-17-14-8-7-12(10-15(14)18-4-2)16-11-13-6-5-9-19-13/h5-10,16H,3-4,11H2,1-2H3. The third-order valence-electron chi connectivity index (χ3n) is 2.59. The summed E-state index contributed by atoms with van der Waals surface area (Å²) in [5, 5.41) is 5.47. The van der Waals surface area contributed by atoms with E-state index in [2.05, 4.69) is 22.8 Å². The van der Waals surface area contributed by atoms with Crippen molar-refractivity contribution >= 4 is 17.0 Å². The molecule has 0 atom stereocenters. The number of benzene rings is 1. The fourth-order valence-corrected chi connectivity index (χ4v) is 2.41. The molecule has 0 aliphatic rings. The quantitative estimate of drug-likeness (QED) is 0.824. The van der Waals surface area contributed by atoms with Gasteiger partial charge in [0, 0.05) is 23.2 Å². The summed E-state index contributed by atoms with van der Waals surface area (Å²) in [5.74, 6) is 1.59. The van der Waals surface area contributed by atoms with E-state index in [1.165, 1.54) is 4.88 Å². The van der Waals surface area contributed by atoms with Crippen LogP contribution in [0.3, 0.4) is 0 Å². The maximum Gasteiger partial charge on any atom is 0.163 e. The minimum atomic E-state index is 0.633. The van der Waals surface area contributed by atoms with E-state index in [9.17, 15) is 0 Å². The average Bonchev–Trinajstić information content (AvgIpc) is 2.93. The first-order valence-corrected chi connectivity index (χ1v) is 7.37. The SMILES string of the molecule is CCOc1ccc(NCc2cccs2)cc1OCC. The number of ether oxygens (including phenoxy) is 2. The molecule has 0 bridgehead atoms. The first kappa shape index (κ1) is 13.7. The highest BCUT2D eigenvalue weighted by Gasteiger charge is 2.06. The van der Waals surface area contributed by atoms with Gasteiger partial charge in [0.25, 0.3) is 0 Å². The molecule has 1 heterocycles. The molecule has 0 saturated carbocycles. The summed E-state index contributed by atoms with van der Waals surface area (Å²) in [6.45, 7) is 6.05. The zero-order valence-electron chi connectivity index (χ0n) is 11.3. The minimum absolute atomic E-state index is 0.633. The fraction of sp³-hybridized carbons (Fsp3) is 0.333. The normalized spacial score (nSPS) is 10.2. The van der Waals surface area contributed by atoms with Gasteiger partial charge in [-0.3, -0.25) is 0 Å². The monoisotopic (exact) mass is 277 g/mol. The van der Waals surface area contributed by atoms with Crippen LogP contribution >= 0.6 is 11.3 Å². The molecular weight excluding hydrogens is 258 g/mol. The van der Waals surface area contributed by atoms with Crippen LogP contribution in [0.15, 0.2) is 35.7 Å². The summed E-state index contributed by atoms with van der Waals surface area (Å²) in [4.78, 5) is 1.31. The van der Waals surface area contributed by atoms with Crippen molar-refractivity contribution in [3.63, 3.8) is 0 Å².